The average Bonchev–Trinajstić information content (AvgIpc) is 2.56. The number of hydrogen-bond donors (Lipinski definition) is 2. The summed E-state index contributed by atoms with van der Waals surface area (Å²) in [5, 5.41) is 5.84. The lowest BCUT2D eigenvalue weighted by Crippen LogP contribution is -2.45. The Morgan fingerprint density at radius 1 is 1.22 bits per heavy atom. The van der Waals surface area contributed by atoms with Crippen molar-refractivity contribution in [2.24, 2.45) is 0 Å². The van der Waals surface area contributed by atoms with E-state index < -0.39 is 0 Å². The molecule has 126 valence electrons. The number of amides is 2. The predicted octanol–water partition coefficient (Wildman–Crippen LogP) is 2.17. The third kappa shape index (κ3) is 5.95. The van der Waals surface area contributed by atoms with Crippen LogP contribution >= 0.6 is 15.9 Å². The molecular weight excluding hydrogens is 358 g/mol. The summed E-state index contributed by atoms with van der Waals surface area (Å²) in [6.07, 6.45) is 2.33. The lowest BCUT2D eigenvalue weighted by Gasteiger charge is -2.31. The number of hydrogen-bond acceptors (Lipinski definition) is 3. The first-order valence-corrected chi connectivity index (χ1v) is 8.93. The van der Waals surface area contributed by atoms with E-state index in [0.29, 0.717) is 18.5 Å². The van der Waals surface area contributed by atoms with E-state index in [0.717, 1.165) is 36.9 Å². The molecule has 2 N–H and O–H groups in total. The zero-order chi connectivity index (χ0) is 16.7. The van der Waals surface area contributed by atoms with Crippen LogP contribution in [0.15, 0.2) is 28.7 Å². The van der Waals surface area contributed by atoms with Crippen LogP contribution < -0.4 is 10.6 Å². The largest absolute Gasteiger partial charge is 0.353 e. The van der Waals surface area contributed by atoms with Gasteiger partial charge < -0.3 is 15.5 Å². The molecule has 1 aromatic carbocycles. The maximum atomic E-state index is 11.9. The van der Waals surface area contributed by atoms with E-state index in [2.05, 4.69) is 38.4 Å². The third-order valence-electron chi connectivity index (χ3n) is 4.14. The van der Waals surface area contributed by atoms with Gasteiger partial charge in [0.15, 0.2) is 0 Å². The Morgan fingerprint density at radius 3 is 2.48 bits per heavy atom. The lowest BCUT2D eigenvalue weighted by atomic mass is 10.0. The zero-order valence-corrected chi connectivity index (χ0v) is 15.1. The third-order valence-corrected chi connectivity index (χ3v) is 4.67. The second-order valence-corrected chi connectivity index (χ2v) is 6.70. The van der Waals surface area contributed by atoms with Crippen LogP contribution in [0.1, 0.15) is 36.5 Å². The summed E-state index contributed by atoms with van der Waals surface area (Å²) in [4.78, 5) is 26.3. The smallest absolute Gasteiger partial charge is 0.251 e. The molecule has 23 heavy (non-hydrogen) atoms. The molecule has 1 saturated heterocycles. The summed E-state index contributed by atoms with van der Waals surface area (Å²) in [7, 11) is 0. The molecule has 0 bridgehead atoms. The number of piperidine rings is 1. The SMILES string of the molecule is CCN1CCC(NC(=O)CCNC(=O)c2ccc(Br)cc2)CC1. The van der Waals surface area contributed by atoms with Crippen molar-refractivity contribution in [3.05, 3.63) is 34.3 Å². The molecule has 0 aliphatic carbocycles. The van der Waals surface area contributed by atoms with E-state index >= 15 is 0 Å². The number of benzene rings is 1. The molecule has 1 aromatic rings. The Morgan fingerprint density at radius 2 is 1.87 bits per heavy atom. The van der Waals surface area contributed by atoms with Crippen molar-refractivity contribution in [3.63, 3.8) is 0 Å². The Balaban J connectivity index is 1.65. The van der Waals surface area contributed by atoms with Gasteiger partial charge in [0.1, 0.15) is 0 Å². The zero-order valence-electron chi connectivity index (χ0n) is 13.5. The van der Waals surface area contributed by atoms with Crippen molar-refractivity contribution >= 4 is 27.7 Å². The molecule has 2 amide bonds. The van der Waals surface area contributed by atoms with Gasteiger partial charge in [-0.05, 0) is 43.7 Å². The van der Waals surface area contributed by atoms with Crippen LogP contribution in [0.25, 0.3) is 0 Å². The molecule has 0 unspecified atom stereocenters. The van der Waals surface area contributed by atoms with E-state index in [9.17, 15) is 9.59 Å². The van der Waals surface area contributed by atoms with E-state index in [1.807, 2.05) is 12.1 Å². The maximum Gasteiger partial charge on any atom is 0.251 e. The molecule has 1 heterocycles. The Labute approximate surface area is 145 Å². The van der Waals surface area contributed by atoms with Gasteiger partial charge in [-0.15, -0.1) is 0 Å². The van der Waals surface area contributed by atoms with Gasteiger partial charge in [-0.1, -0.05) is 22.9 Å². The van der Waals surface area contributed by atoms with Crippen LogP contribution in [0.4, 0.5) is 0 Å². The molecule has 1 aliphatic heterocycles. The standard InChI is InChI=1S/C17H24BrN3O2/c1-2-21-11-8-15(9-12-21)20-16(22)7-10-19-17(23)13-3-5-14(18)6-4-13/h3-6,15H,2,7-12H2,1H3,(H,19,23)(H,20,22). The lowest BCUT2D eigenvalue weighted by molar-refractivity contribution is -0.121. The average molecular weight is 382 g/mol. The Bertz CT molecular complexity index is 525. The van der Waals surface area contributed by atoms with Crippen molar-refractivity contribution in [1.82, 2.24) is 15.5 Å². The first-order chi connectivity index (χ1) is 11.1. The van der Waals surface area contributed by atoms with Gasteiger partial charge in [-0.2, -0.15) is 0 Å². The Kier molecular flexibility index (Phi) is 7.05. The molecular formula is C17H24BrN3O2. The fourth-order valence-corrected chi connectivity index (χ4v) is 2.95. The molecule has 1 fully saturated rings. The van der Waals surface area contributed by atoms with Crippen LogP contribution in [-0.4, -0.2) is 48.9 Å². The molecule has 2 rings (SSSR count). The predicted molar refractivity (Wildman–Crippen MR) is 94.4 cm³/mol. The second kappa shape index (κ2) is 9.03. The number of likely N-dealkylation sites (tertiary alicyclic amines) is 1. The number of nitrogens with zero attached hydrogens (tertiary/aromatic N) is 1. The van der Waals surface area contributed by atoms with Crippen LogP contribution in [-0.2, 0) is 4.79 Å². The normalized spacial score (nSPS) is 16.1. The number of halogens is 1. The first kappa shape index (κ1) is 17.9. The summed E-state index contributed by atoms with van der Waals surface area (Å²) < 4.78 is 0.933. The van der Waals surface area contributed by atoms with Crippen molar-refractivity contribution in [1.29, 1.82) is 0 Å². The number of nitrogens with one attached hydrogen (secondary N) is 2. The summed E-state index contributed by atoms with van der Waals surface area (Å²) in [6, 6.07) is 7.42. The topological polar surface area (TPSA) is 61.4 Å². The highest BCUT2D eigenvalue weighted by atomic mass is 79.9. The molecule has 1 aliphatic rings. The second-order valence-electron chi connectivity index (χ2n) is 5.79. The van der Waals surface area contributed by atoms with Crippen LogP contribution in [0.5, 0.6) is 0 Å². The minimum absolute atomic E-state index is 0.0102. The van der Waals surface area contributed by atoms with Crippen LogP contribution in [0, 0.1) is 0 Å². The van der Waals surface area contributed by atoms with Crippen molar-refractivity contribution in [3.8, 4) is 0 Å². The quantitative estimate of drug-likeness (QED) is 0.793. The van der Waals surface area contributed by atoms with Crippen LogP contribution in [0.2, 0.25) is 0 Å². The van der Waals surface area contributed by atoms with E-state index in [1.165, 1.54) is 0 Å². The first-order valence-electron chi connectivity index (χ1n) is 8.14. The summed E-state index contributed by atoms with van der Waals surface area (Å²) in [6.45, 7) is 5.67. The number of carbonyl (C=O) groups excluding carboxylic acids is 2. The number of rotatable bonds is 6. The minimum Gasteiger partial charge on any atom is -0.353 e. The molecule has 0 radical (unpaired) electrons. The van der Waals surface area contributed by atoms with E-state index in [1.54, 1.807) is 12.1 Å². The summed E-state index contributed by atoms with van der Waals surface area (Å²) >= 11 is 3.33. The fraction of sp³-hybridized carbons (Fsp3) is 0.529. The molecule has 0 aromatic heterocycles. The monoisotopic (exact) mass is 381 g/mol. The summed E-state index contributed by atoms with van der Waals surface area (Å²) in [5.74, 6) is -0.141. The molecule has 0 atom stereocenters. The van der Waals surface area contributed by atoms with Gasteiger partial charge in [0, 0.05) is 42.1 Å². The van der Waals surface area contributed by atoms with Gasteiger partial charge in [-0.3, -0.25) is 9.59 Å². The van der Waals surface area contributed by atoms with Crippen molar-refractivity contribution < 1.29 is 9.59 Å². The minimum atomic E-state index is -0.151. The highest BCUT2D eigenvalue weighted by molar-refractivity contribution is 9.10. The van der Waals surface area contributed by atoms with Gasteiger partial charge in [0.2, 0.25) is 5.91 Å². The van der Waals surface area contributed by atoms with Crippen molar-refractivity contribution in [2.75, 3.05) is 26.2 Å². The van der Waals surface area contributed by atoms with Crippen molar-refractivity contribution in [2.45, 2.75) is 32.2 Å². The molecule has 5 nitrogen and oxygen atoms in total. The molecule has 0 saturated carbocycles. The number of carbonyl (C=O) groups is 2. The fourth-order valence-electron chi connectivity index (χ4n) is 2.69. The summed E-state index contributed by atoms with van der Waals surface area (Å²) in [5.41, 5.74) is 0.598. The highest BCUT2D eigenvalue weighted by Crippen LogP contribution is 2.11. The van der Waals surface area contributed by atoms with Gasteiger partial charge in [-0.25, -0.2) is 0 Å². The van der Waals surface area contributed by atoms with Gasteiger partial charge in [0.25, 0.3) is 5.91 Å². The van der Waals surface area contributed by atoms with Gasteiger partial charge in [0.05, 0.1) is 0 Å². The Hall–Kier alpha value is -1.40. The van der Waals surface area contributed by atoms with Gasteiger partial charge >= 0.3 is 0 Å². The van der Waals surface area contributed by atoms with Crippen LogP contribution in [0.3, 0.4) is 0 Å². The maximum absolute atomic E-state index is 11.9. The molecule has 6 heteroatoms. The van der Waals surface area contributed by atoms with E-state index in [-0.39, 0.29) is 17.9 Å². The highest BCUT2D eigenvalue weighted by Gasteiger charge is 2.19. The van der Waals surface area contributed by atoms with E-state index in [4.69, 9.17) is 0 Å². The molecule has 0 spiro atoms.